The maximum absolute atomic E-state index is 13.0. The van der Waals surface area contributed by atoms with Crippen molar-refractivity contribution in [2.45, 2.75) is 142 Å². The number of benzene rings is 2. The average Bonchev–Trinajstić information content (AvgIpc) is 4.14. The molecule has 6 heterocycles. The highest BCUT2D eigenvalue weighted by molar-refractivity contribution is 5.92. The number of likely N-dealkylation sites (tertiary alicyclic amines) is 2. The number of aromatic nitrogens is 2. The molecule has 4 saturated heterocycles. The molecule has 0 bridgehead atoms. The number of hydrogen-bond donors (Lipinski definition) is 6. The Bertz CT molecular complexity index is 2430. The number of aliphatic hydroxyl groups is 2. The van der Waals surface area contributed by atoms with Crippen LogP contribution in [0.1, 0.15) is 116 Å². The number of urea groups is 2. The number of amides is 4. The fraction of sp³-hybridized carbons (Fsp3) is 0.600. The maximum atomic E-state index is 13.0. The SMILES string of the molecule is CC[C@@H]1CCN(C(=O)Nc2ccc(C)c(-c3cc(NC4(C)CCC(O)CC4)nc(N4CCOCC4)c3)c2)C1.CC[C@@H]1CCN(C(=O)Nc2ccc(C)c(-c3cc(NC4(C)CCC(O)CC4)nc(N4CCOCC4)c3)c2)C1. The third-order valence-corrected chi connectivity index (χ3v) is 17.2. The number of morpholine rings is 2. The van der Waals surface area contributed by atoms with Gasteiger partial charge in [0, 0.05) is 74.8 Å². The van der Waals surface area contributed by atoms with Crippen molar-refractivity contribution in [3.8, 4) is 22.3 Å². The standard InChI is InChI=1S/2C30H43N5O3/c2*1-4-22-9-12-35(20-22)29(37)31-24-6-5-21(2)26(19-24)23-17-27(33-30(3)10-7-25(36)8-11-30)32-28(18-23)34-13-15-38-16-14-34/h2*5-6,17-19,22,25,36H,4,7-16,20H2,1-3H3,(H,31,37)(H,32,33)/t2*22-,25?,30?/m11/s1. The monoisotopic (exact) mass is 1040 g/mol. The van der Waals surface area contributed by atoms with Gasteiger partial charge >= 0.3 is 12.1 Å². The number of carbonyl (C=O) groups is 2. The quantitative estimate of drug-likeness (QED) is 0.0792. The van der Waals surface area contributed by atoms with Gasteiger partial charge in [-0.1, -0.05) is 38.8 Å². The first-order valence-corrected chi connectivity index (χ1v) is 28.6. The van der Waals surface area contributed by atoms with Gasteiger partial charge in [0.15, 0.2) is 0 Å². The molecule has 16 nitrogen and oxygen atoms in total. The number of nitrogens with one attached hydrogen (secondary N) is 4. The van der Waals surface area contributed by atoms with E-state index < -0.39 is 0 Å². The molecule has 6 aliphatic rings. The predicted octanol–water partition coefficient (Wildman–Crippen LogP) is 10.5. The molecule has 76 heavy (non-hydrogen) atoms. The summed E-state index contributed by atoms with van der Waals surface area (Å²) in [6, 6.07) is 20.8. The Morgan fingerprint density at radius 1 is 0.566 bits per heavy atom. The van der Waals surface area contributed by atoms with E-state index in [1.54, 1.807) is 0 Å². The Kier molecular flexibility index (Phi) is 17.9. The van der Waals surface area contributed by atoms with Crippen LogP contribution in [-0.2, 0) is 9.47 Å². The first-order valence-electron chi connectivity index (χ1n) is 28.6. The number of ether oxygens (including phenoxy) is 2. The third-order valence-electron chi connectivity index (χ3n) is 17.2. The molecule has 2 aromatic heterocycles. The first kappa shape index (κ1) is 55.1. The van der Waals surface area contributed by atoms with Crippen LogP contribution < -0.4 is 31.1 Å². The van der Waals surface area contributed by atoms with Crippen molar-refractivity contribution in [2.75, 3.05) is 110 Å². The van der Waals surface area contributed by atoms with Gasteiger partial charge < -0.3 is 60.6 Å². The van der Waals surface area contributed by atoms with Crippen LogP contribution in [0.15, 0.2) is 60.7 Å². The molecule has 6 fully saturated rings. The zero-order chi connectivity index (χ0) is 53.4. The van der Waals surface area contributed by atoms with E-state index in [1.165, 1.54) is 0 Å². The van der Waals surface area contributed by atoms with Gasteiger partial charge in [0.05, 0.1) is 38.6 Å². The van der Waals surface area contributed by atoms with Crippen LogP contribution in [0.4, 0.5) is 44.2 Å². The Morgan fingerprint density at radius 2 is 0.947 bits per heavy atom. The number of carbonyl (C=O) groups excluding carboxylic acids is 2. The highest BCUT2D eigenvalue weighted by Gasteiger charge is 2.33. The van der Waals surface area contributed by atoms with Gasteiger partial charge in [0.2, 0.25) is 0 Å². The Morgan fingerprint density at radius 3 is 1.30 bits per heavy atom. The molecule has 412 valence electrons. The second kappa shape index (κ2) is 24.8. The maximum Gasteiger partial charge on any atom is 0.321 e. The molecular weight excluding hydrogens is 957 g/mol. The molecule has 4 amide bonds. The van der Waals surface area contributed by atoms with Crippen LogP contribution in [-0.4, -0.2) is 144 Å². The minimum Gasteiger partial charge on any atom is -0.393 e. The van der Waals surface area contributed by atoms with Crippen molar-refractivity contribution in [1.82, 2.24) is 19.8 Å². The zero-order valence-electron chi connectivity index (χ0n) is 46.3. The highest BCUT2D eigenvalue weighted by Crippen LogP contribution is 2.38. The molecule has 4 aromatic rings. The van der Waals surface area contributed by atoms with Crippen LogP contribution in [0.2, 0.25) is 0 Å². The van der Waals surface area contributed by atoms with Crippen molar-refractivity contribution in [2.24, 2.45) is 11.8 Å². The summed E-state index contributed by atoms with van der Waals surface area (Å²) < 4.78 is 11.2. The summed E-state index contributed by atoms with van der Waals surface area (Å²) in [4.78, 5) is 44.4. The smallest absolute Gasteiger partial charge is 0.321 e. The van der Waals surface area contributed by atoms with E-state index in [9.17, 15) is 19.8 Å². The van der Waals surface area contributed by atoms with E-state index in [2.05, 4.69) is 121 Å². The molecule has 2 aromatic carbocycles. The molecule has 2 saturated carbocycles. The van der Waals surface area contributed by atoms with Crippen molar-refractivity contribution in [3.63, 3.8) is 0 Å². The number of rotatable bonds is 12. The fourth-order valence-corrected chi connectivity index (χ4v) is 11.9. The summed E-state index contributed by atoms with van der Waals surface area (Å²) in [5, 5.41) is 33.8. The summed E-state index contributed by atoms with van der Waals surface area (Å²) in [5.74, 6) is 4.77. The molecule has 10 rings (SSSR count). The van der Waals surface area contributed by atoms with E-state index in [-0.39, 0.29) is 35.3 Å². The lowest BCUT2D eigenvalue weighted by molar-refractivity contribution is 0.107. The molecular formula is C60H86N10O6. The largest absolute Gasteiger partial charge is 0.393 e. The molecule has 2 aliphatic carbocycles. The number of nitrogens with zero attached hydrogens (tertiary/aromatic N) is 6. The summed E-state index contributed by atoms with van der Waals surface area (Å²) in [6.07, 6.45) is 10.8. The van der Waals surface area contributed by atoms with E-state index in [0.717, 1.165) is 197 Å². The second-order valence-electron chi connectivity index (χ2n) is 23.2. The van der Waals surface area contributed by atoms with Crippen LogP contribution in [0.3, 0.4) is 0 Å². The minimum absolute atomic E-state index is 0.0192. The fourth-order valence-electron chi connectivity index (χ4n) is 11.9. The van der Waals surface area contributed by atoms with Crippen LogP contribution in [0.5, 0.6) is 0 Å². The molecule has 2 atom stereocenters. The molecule has 0 unspecified atom stereocenters. The van der Waals surface area contributed by atoms with Gasteiger partial charge in [-0.05, 0) is 186 Å². The minimum atomic E-state index is -0.206. The van der Waals surface area contributed by atoms with E-state index in [4.69, 9.17) is 19.4 Å². The Balaban J connectivity index is 0.000000186. The van der Waals surface area contributed by atoms with Crippen molar-refractivity contribution in [3.05, 3.63) is 71.8 Å². The number of anilines is 6. The van der Waals surface area contributed by atoms with Crippen LogP contribution >= 0.6 is 0 Å². The predicted molar refractivity (Wildman–Crippen MR) is 306 cm³/mol. The normalized spacial score (nSPS) is 25.9. The van der Waals surface area contributed by atoms with Gasteiger partial charge in [-0.15, -0.1) is 0 Å². The average molecular weight is 1040 g/mol. The Hall–Kier alpha value is -5.68. The molecule has 4 aliphatic heterocycles. The topological polar surface area (TPSA) is 180 Å². The lowest BCUT2D eigenvalue weighted by Crippen LogP contribution is -2.41. The van der Waals surface area contributed by atoms with E-state index in [0.29, 0.717) is 38.3 Å². The zero-order valence-corrected chi connectivity index (χ0v) is 46.3. The van der Waals surface area contributed by atoms with Gasteiger partial charge in [-0.3, -0.25) is 0 Å². The molecule has 0 spiro atoms. The van der Waals surface area contributed by atoms with Gasteiger partial charge in [-0.2, -0.15) is 0 Å². The first-order chi connectivity index (χ1) is 36.6. The molecule has 16 heteroatoms. The highest BCUT2D eigenvalue weighted by atomic mass is 16.5. The van der Waals surface area contributed by atoms with Crippen LogP contribution in [0, 0.1) is 25.7 Å². The summed E-state index contributed by atoms with van der Waals surface area (Å²) in [6.45, 7) is 22.4. The lowest BCUT2D eigenvalue weighted by Gasteiger charge is -2.37. The number of aliphatic hydroxyl groups excluding tert-OH is 2. The van der Waals surface area contributed by atoms with Crippen LogP contribution in [0.25, 0.3) is 22.3 Å². The van der Waals surface area contributed by atoms with E-state index >= 15 is 0 Å². The van der Waals surface area contributed by atoms with Gasteiger partial charge in [0.25, 0.3) is 0 Å². The number of hydrogen-bond acceptors (Lipinski definition) is 12. The molecule has 6 N–H and O–H groups in total. The summed E-state index contributed by atoms with van der Waals surface area (Å²) >= 11 is 0. The lowest BCUT2D eigenvalue weighted by atomic mass is 9.82. The van der Waals surface area contributed by atoms with Crippen molar-refractivity contribution >= 4 is 46.7 Å². The number of pyridine rings is 2. The van der Waals surface area contributed by atoms with Gasteiger partial charge in [-0.25, -0.2) is 19.6 Å². The second-order valence-corrected chi connectivity index (χ2v) is 23.2. The van der Waals surface area contributed by atoms with Gasteiger partial charge in [0.1, 0.15) is 23.3 Å². The third kappa shape index (κ3) is 14.1. The van der Waals surface area contributed by atoms with E-state index in [1.807, 2.05) is 21.9 Å². The summed E-state index contributed by atoms with van der Waals surface area (Å²) in [5.41, 5.74) is 8.01. The van der Waals surface area contributed by atoms with Crippen molar-refractivity contribution in [1.29, 1.82) is 0 Å². The summed E-state index contributed by atoms with van der Waals surface area (Å²) in [7, 11) is 0. The Labute approximate surface area is 451 Å². The van der Waals surface area contributed by atoms with Crippen molar-refractivity contribution < 1.29 is 29.3 Å². The number of aryl methyl sites for hydroxylation is 2. The molecule has 0 radical (unpaired) electrons.